The van der Waals surface area contributed by atoms with Crippen LogP contribution < -0.4 is 4.74 Å². The summed E-state index contributed by atoms with van der Waals surface area (Å²) in [6, 6.07) is 0. The Kier molecular flexibility index (Phi) is 3.81. The zero-order valence-corrected chi connectivity index (χ0v) is 7.93. The van der Waals surface area contributed by atoms with Gasteiger partial charge in [-0.25, -0.2) is 18.2 Å². The molecule has 0 aliphatic carbocycles. The Morgan fingerprint density at radius 1 is 1.35 bits per heavy atom. The van der Waals surface area contributed by atoms with Gasteiger partial charge in [0.25, 0.3) is 6.43 Å². The minimum Gasteiger partial charge on any atom is -0.403 e. The molecular weight excluding hydrogens is 256 g/mol. The standard InChI is InChI=1S/C8H5F6NO2/c9-4-1-15-5(7(10)11)6(3(4)2-16)17-8(12,13)14/h1,7,16H,2H2. The molecule has 0 aliphatic heterocycles. The first-order valence-electron chi connectivity index (χ1n) is 4.08. The second kappa shape index (κ2) is 4.78. The molecule has 0 aliphatic rings. The third-order valence-corrected chi connectivity index (χ3v) is 1.69. The number of alkyl halides is 5. The summed E-state index contributed by atoms with van der Waals surface area (Å²) >= 11 is 0. The number of halogens is 6. The van der Waals surface area contributed by atoms with E-state index < -0.39 is 42.2 Å². The first-order valence-corrected chi connectivity index (χ1v) is 4.08. The summed E-state index contributed by atoms with van der Waals surface area (Å²) in [5.74, 6) is -2.87. The van der Waals surface area contributed by atoms with Gasteiger partial charge in [-0.1, -0.05) is 0 Å². The molecule has 0 atom stereocenters. The lowest BCUT2D eigenvalue weighted by Crippen LogP contribution is -2.20. The summed E-state index contributed by atoms with van der Waals surface area (Å²) in [5.41, 5.74) is -2.40. The van der Waals surface area contributed by atoms with Crippen LogP contribution in [0.1, 0.15) is 17.7 Å². The maximum atomic E-state index is 13.0. The zero-order chi connectivity index (χ0) is 13.2. The number of aliphatic hydroxyl groups is 1. The number of rotatable bonds is 3. The smallest absolute Gasteiger partial charge is 0.403 e. The van der Waals surface area contributed by atoms with Gasteiger partial charge >= 0.3 is 6.36 Å². The summed E-state index contributed by atoms with van der Waals surface area (Å²) in [5, 5.41) is 8.64. The van der Waals surface area contributed by atoms with Crippen LogP contribution in [-0.4, -0.2) is 16.5 Å². The molecule has 96 valence electrons. The predicted molar refractivity (Wildman–Crippen MR) is 41.8 cm³/mol. The fourth-order valence-corrected chi connectivity index (χ4v) is 1.06. The Labute approximate surface area is 90.6 Å². The van der Waals surface area contributed by atoms with E-state index >= 15 is 0 Å². The molecule has 0 radical (unpaired) electrons. The lowest BCUT2D eigenvalue weighted by atomic mass is 10.2. The van der Waals surface area contributed by atoms with Gasteiger partial charge in [0, 0.05) is 0 Å². The second-order valence-corrected chi connectivity index (χ2v) is 2.81. The normalized spacial score (nSPS) is 12.0. The maximum absolute atomic E-state index is 13.0. The number of pyridine rings is 1. The molecule has 0 spiro atoms. The van der Waals surface area contributed by atoms with Crippen molar-refractivity contribution >= 4 is 0 Å². The highest BCUT2D eigenvalue weighted by Crippen LogP contribution is 2.35. The van der Waals surface area contributed by atoms with Crippen LogP contribution in [0.5, 0.6) is 5.75 Å². The summed E-state index contributed by atoms with van der Waals surface area (Å²) in [6.45, 7) is -1.22. The van der Waals surface area contributed by atoms with Crippen molar-refractivity contribution in [3.05, 3.63) is 23.3 Å². The largest absolute Gasteiger partial charge is 0.573 e. The molecule has 0 fully saturated rings. The van der Waals surface area contributed by atoms with Crippen molar-refractivity contribution in [2.75, 3.05) is 0 Å². The molecule has 17 heavy (non-hydrogen) atoms. The van der Waals surface area contributed by atoms with Crippen LogP contribution >= 0.6 is 0 Å². The van der Waals surface area contributed by atoms with Crippen molar-refractivity contribution in [2.45, 2.75) is 19.4 Å². The van der Waals surface area contributed by atoms with Crippen molar-refractivity contribution in [1.82, 2.24) is 4.98 Å². The molecule has 0 unspecified atom stereocenters. The molecular formula is C8H5F6NO2. The van der Waals surface area contributed by atoms with Crippen LogP contribution in [0.3, 0.4) is 0 Å². The van der Waals surface area contributed by atoms with E-state index in [4.69, 9.17) is 5.11 Å². The van der Waals surface area contributed by atoms with Gasteiger partial charge in [-0.15, -0.1) is 13.2 Å². The van der Waals surface area contributed by atoms with Crippen LogP contribution in [0.25, 0.3) is 0 Å². The van der Waals surface area contributed by atoms with Crippen LogP contribution in [0.2, 0.25) is 0 Å². The van der Waals surface area contributed by atoms with Crippen molar-refractivity contribution in [3.63, 3.8) is 0 Å². The minimum atomic E-state index is -5.29. The SMILES string of the molecule is OCc1c(F)cnc(C(F)F)c1OC(F)(F)F. The number of aromatic nitrogens is 1. The predicted octanol–water partition coefficient (Wildman–Crippen LogP) is 2.55. The second-order valence-electron chi connectivity index (χ2n) is 2.81. The van der Waals surface area contributed by atoms with Crippen LogP contribution in [0.15, 0.2) is 6.20 Å². The van der Waals surface area contributed by atoms with Crippen LogP contribution in [0.4, 0.5) is 26.3 Å². The minimum absolute atomic E-state index is 0.288. The van der Waals surface area contributed by atoms with Crippen LogP contribution in [0, 0.1) is 5.82 Å². The number of nitrogens with zero attached hydrogens (tertiary/aromatic N) is 1. The third-order valence-electron chi connectivity index (χ3n) is 1.69. The molecule has 0 aromatic carbocycles. The Morgan fingerprint density at radius 2 is 1.94 bits per heavy atom. The van der Waals surface area contributed by atoms with Gasteiger partial charge in [-0.2, -0.15) is 0 Å². The highest BCUT2D eigenvalue weighted by molar-refractivity contribution is 5.38. The highest BCUT2D eigenvalue weighted by atomic mass is 19.4. The molecule has 1 aromatic heterocycles. The van der Waals surface area contributed by atoms with Crippen LogP contribution in [-0.2, 0) is 6.61 Å². The number of hydrogen-bond donors (Lipinski definition) is 1. The van der Waals surface area contributed by atoms with E-state index in [2.05, 4.69) is 9.72 Å². The molecule has 1 N–H and O–H groups in total. The van der Waals surface area contributed by atoms with Crippen molar-refractivity contribution < 1.29 is 36.2 Å². The lowest BCUT2D eigenvalue weighted by molar-refractivity contribution is -0.275. The first kappa shape index (κ1) is 13.6. The quantitative estimate of drug-likeness (QED) is 0.850. The highest BCUT2D eigenvalue weighted by Gasteiger charge is 2.36. The summed E-state index contributed by atoms with van der Waals surface area (Å²) in [4.78, 5) is 2.81. The van der Waals surface area contributed by atoms with Gasteiger partial charge in [0.1, 0.15) is 5.69 Å². The van der Waals surface area contributed by atoms with E-state index in [-0.39, 0.29) is 6.20 Å². The first-order chi connectivity index (χ1) is 7.76. The molecule has 0 amide bonds. The average Bonchev–Trinajstić information content (AvgIpc) is 2.15. The van der Waals surface area contributed by atoms with Gasteiger partial charge in [0.2, 0.25) is 0 Å². The molecule has 0 bridgehead atoms. The average molecular weight is 261 g/mol. The molecule has 0 saturated carbocycles. The third kappa shape index (κ3) is 3.22. The van der Waals surface area contributed by atoms with E-state index in [1.54, 1.807) is 0 Å². The van der Waals surface area contributed by atoms with Gasteiger partial charge in [-0.05, 0) is 0 Å². The fraction of sp³-hybridized carbons (Fsp3) is 0.375. The topological polar surface area (TPSA) is 42.4 Å². The molecule has 1 aromatic rings. The lowest BCUT2D eigenvalue weighted by Gasteiger charge is -2.15. The Hall–Kier alpha value is -1.51. The Balaban J connectivity index is 3.34. The van der Waals surface area contributed by atoms with Crippen molar-refractivity contribution in [1.29, 1.82) is 0 Å². The molecule has 1 heterocycles. The Morgan fingerprint density at radius 3 is 2.35 bits per heavy atom. The molecule has 0 saturated heterocycles. The summed E-state index contributed by atoms with van der Waals surface area (Å²) in [6.07, 6.45) is -8.39. The van der Waals surface area contributed by atoms with Gasteiger partial charge < -0.3 is 9.84 Å². The number of hydrogen-bond acceptors (Lipinski definition) is 3. The van der Waals surface area contributed by atoms with Gasteiger partial charge in [-0.3, -0.25) is 0 Å². The molecule has 3 nitrogen and oxygen atoms in total. The van der Waals surface area contributed by atoms with Gasteiger partial charge in [0.15, 0.2) is 11.6 Å². The van der Waals surface area contributed by atoms with E-state index in [0.29, 0.717) is 0 Å². The van der Waals surface area contributed by atoms with Crippen molar-refractivity contribution in [2.24, 2.45) is 0 Å². The van der Waals surface area contributed by atoms with E-state index in [1.165, 1.54) is 0 Å². The monoisotopic (exact) mass is 261 g/mol. The molecule has 9 heteroatoms. The Bertz CT molecular complexity index is 406. The fourth-order valence-electron chi connectivity index (χ4n) is 1.06. The van der Waals surface area contributed by atoms with E-state index in [9.17, 15) is 26.3 Å². The maximum Gasteiger partial charge on any atom is 0.573 e. The van der Waals surface area contributed by atoms with E-state index in [0.717, 1.165) is 0 Å². The van der Waals surface area contributed by atoms with Gasteiger partial charge in [0.05, 0.1) is 18.4 Å². The summed E-state index contributed by atoms with van der Waals surface area (Å²) < 4.78 is 76.7. The zero-order valence-electron chi connectivity index (χ0n) is 7.93. The number of ether oxygens (including phenoxy) is 1. The van der Waals surface area contributed by atoms with E-state index in [1.807, 2.05) is 0 Å². The number of aliphatic hydroxyl groups excluding tert-OH is 1. The molecule has 1 rings (SSSR count). The van der Waals surface area contributed by atoms with Crippen molar-refractivity contribution in [3.8, 4) is 5.75 Å². The summed E-state index contributed by atoms with van der Waals surface area (Å²) in [7, 11) is 0.